The molecule has 0 aliphatic carbocycles. The maximum atomic E-state index is 12.1. The molecule has 0 saturated carbocycles. The van der Waals surface area contributed by atoms with Crippen LogP contribution in [-0.4, -0.2) is 36.9 Å². The summed E-state index contributed by atoms with van der Waals surface area (Å²) in [5, 5.41) is 5.86. The second-order valence-corrected chi connectivity index (χ2v) is 5.89. The molecule has 2 rings (SSSR count). The highest BCUT2D eigenvalue weighted by Gasteiger charge is 2.13. The van der Waals surface area contributed by atoms with Gasteiger partial charge in [0.2, 0.25) is 11.8 Å². The number of amides is 2. The van der Waals surface area contributed by atoms with Gasteiger partial charge in [-0.3, -0.25) is 9.59 Å². The molecule has 0 unspecified atom stereocenters. The minimum absolute atomic E-state index is 0.0161. The van der Waals surface area contributed by atoms with Crippen LogP contribution in [0.4, 0.5) is 11.4 Å². The quantitative estimate of drug-likeness (QED) is 0.858. The van der Waals surface area contributed by atoms with E-state index in [2.05, 4.69) is 10.6 Å². The smallest absolute Gasteiger partial charge is 0.243 e. The van der Waals surface area contributed by atoms with Gasteiger partial charge in [0, 0.05) is 18.4 Å². The van der Waals surface area contributed by atoms with E-state index >= 15 is 0 Å². The van der Waals surface area contributed by atoms with Crippen LogP contribution in [0.2, 0.25) is 0 Å². The third-order valence-corrected chi connectivity index (χ3v) is 3.60. The Hall–Kier alpha value is -2.82. The standard InChI is InChI=1S/C19H23N3O2/c1-14-7-9-16(10-8-14)21-18(23)13-22(3)19(24)12-20-17-6-4-5-15(2)11-17/h4-11,20H,12-13H2,1-3H3,(H,21,23). The summed E-state index contributed by atoms with van der Waals surface area (Å²) in [5.74, 6) is -0.360. The molecule has 5 nitrogen and oxygen atoms in total. The maximum Gasteiger partial charge on any atom is 0.243 e. The third kappa shape index (κ3) is 5.43. The minimum atomic E-state index is -0.217. The van der Waals surface area contributed by atoms with Crippen molar-refractivity contribution in [2.24, 2.45) is 0 Å². The third-order valence-electron chi connectivity index (χ3n) is 3.60. The largest absolute Gasteiger partial charge is 0.376 e. The van der Waals surface area contributed by atoms with E-state index in [0.717, 1.165) is 22.5 Å². The first kappa shape index (κ1) is 17.5. The van der Waals surface area contributed by atoms with Crippen molar-refractivity contribution < 1.29 is 9.59 Å². The van der Waals surface area contributed by atoms with Gasteiger partial charge in [0.1, 0.15) is 0 Å². The molecule has 2 aromatic carbocycles. The Morgan fingerprint density at radius 1 is 0.958 bits per heavy atom. The van der Waals surface area contributed by atoms with Crippen LogP contribution in [-0.2, 0) is 9.59 Å². The summed E-state index contributed by atoms with van der Waals surface area (Å²) >= 11 is 0. The minimum Gasteiger partial charge on any atom is -0.376 e. The number of hydrogen-bond acceptors (Lipinski definition) is 3. The first-order valence-corrected chi connectivity index (χ1v) is 7.85. The van der Waals surface area contributed by atoms with E-state index in [0.29, 0.717) is 0 Å². The Labute approximate surface area is 142 Å². The van der Waals surface area contributed by atoms with Crippen LogP contribution in [0.3, 0.4) is 0 Å². The number of nitrogens with zero attached hydrogens (tertiary/aromatic N) is 1. The molecule has 2 amide bonds. The van der Waals surface area contributed by atoms with Gasteiger partial charge < -0.3 is 15.5 Å². The summed E-state index contributed by atoms with van der Waals surface area (Å²) in [6.07, 6.45) is 0. The molecule has 0 fully saturated rings. The lowest BCUT2D eigenvalue weighted by molar-refractivity contribution is -0.131. The zero-order valence-corrected chi connectivity index (χ0v) is 14.3. The lowest BCUT2D eigenvalue weighted by Crippen LogP contribution is -2.38. The molecular formula is C19H23N3O2. The molecule has 0 aliphatic heterocycles. The first-order chi connectivity index (χ1) is 11.4. The SMILES string of the molecule is Cc1ccc(NC(=O)CN(C)C(=O)CNc2cccc(C)c2)cc1. The van der Waals surface area contributed by atoms with E-state index in [4.69, 9.17) is 0 Å². The molecule has 0 radical (unpaired) electrons. The number of carbonyl (C=O) groups excluding carboxylic acids is 2. The summed E-state index contributed by atoms with van der Waals surface area (Å²) in [7, 11) is 1.62. The van der Waals surface area contributed by atoms with Crippen molar-refractivity contribution in [1.29, 1.82) is 0 Å². The molecule has 5 heteroatoms. The van der Waals surface area contributed by atoms with Gasteiger partial charge in [0.25, 0.3) is 0 Å². The normalized spacial score (nSPS) is 10.1. The van der Waals surface area contributed by atoms with Crippen molar-refractivity contribution in [2.45, 2.75) is 13.8 Å². The van der Waals surface area contributed by atoms with Gasteiger partial charge >= 0.3 is 0 Å². The number of carbonyl (C=O) groups is 2. The average molecular weight is 325 g/mol. The fraction of sp³-hybridized carbons (Fsp3) is 0.263. The van der Waals surface area contributed by atoms with Crippen molar-refractivity contribution in [1.82, 2.24) is 4.90 Å². The second kappa shape index (κ2) is 8.15. The van der Waals surface area contributed by atoms with Crippen molar-refractivity contribution in [3.63, 3.8) is 0 Å². The van der Waals surface area contributed by atoms with E-state index in [9.17, 15) is 9.59 Å². The van der Waals surface area contributed by atoms with Gasteiger partial charge in [-0.2, -0.15) is 0 Å². The lowest BCUT2D eigenvalue weighted by Gasteiger charge is -2.17. The Morgan fingerprint density at radius 3 is 2.33 bits per heavy atom. The van der Waals surface area contributed by atoms with Crippen LogP contribution in [0.15, 0.2) is 48.5 Å². The van der Waals surface area contributed by atoms with Crippen molar-refractivity contribution in [3.8, 4) is 0 Å². The maximum absolute atomic E-state index is 12.1. The monoisotopic (exact) mass is 325 g/mol. The zero-order chi connectivity index (χ0) is 17.5. The van der Waals surface area contributed by atoms with Gasteiger partial charge in [-0.25, -0.2) is 0 Å². The molecule has 0 spiro atoms. The first-order valence-electron chi connectivity index (χ1n) is 7.85. The average Bonchev–Trinajstić information content (AvgIpc) is 2.54. The fourth-order valence-electron chi connectivity index (χ4n) is 2.21. The van der Waals surface area contributed by atoms with Crippen molar-refractivity contribution in [2.75, 3.05) is 30.8 Å². The van der Waals surface area contributed by atoms with Crippen LogP contribution >= 0.6 is 0 Å². The van der Waals surface area contributed by atoms with Crippen LogP contribution in [0.1, 0.15) is 11.1 Å². The highest BCUT2D eigenvalue weighted by atomic mass is 16.2. The van der Waals surface area contributed by atoms with Crippen molar-refractivity contribution in [3.05, 3.63) is 59.7 Å². The van der Waals surface area contributed by atoms with Crippen molar-refractivity contribution >= 4 is 23.2 Å². The highest BCUT2D eigenvalue weighted by molar-refractivity contribution is 5.95. The lowest BCUT2D eigenvalue weighted by atomic mass is 10.2. The molecule has 126 valence electrons. The van der Waals surface area contributed by atoms with E-state index in [1.807, 2.05) is 62.4 Å². The molecule has 0 saturated heterocycles. The number of nitrogens with one attached hydrogen (secondary N) is 2. The van der Waals surface area contributed by atoms with Gasteiger partial charge in [-0.15, -0.1) is 0 Å². The van der Waals surface area contributed by atoms with Crippen LogP contribution < -0.4 is 10.6 Å². The molecule has 0 aliphatic rings. The molecule has 0 aromatic heterocycles. The zero-order valence-electron chi connectivity index (χ0n) is 14.3. The van der Waals surface area contributed by atoms with E-state index < -0.39 is 0 Å². The predicted molar refractivity (Wildman–Crippen MR) is 97.1 cm³/mol. The van der Waals surface area contributed by atoms with E-state index in [1.54, 1.807) is 7.05 Å². The molecule has 2 N–H and O–H groups in total. The predicted octanol–water partition coefficient (Wildman–Crippen LogP) is 2.81. The number of hydrogen-bond donors (Lipinski definition) is 2. The van der Waals surface area contributed by atoms with Gasteiger partial charge in [0.15, 0.2) is 0 Å². The Morgan fingerprint density at radius 2 is 1.67 bits per heavy atom. The molecule has 0 heterocycles. The fourth-order valence-corrected chi connectivity index (χ4v) is 2.21. The topological polar surface area (TPSA) is 61.4 Å². The van der Waals surface area contributed by atoms with Crippen LogP contribution in [0.5, 0.6) is 0 Å². The number of likely N-dealkylation sites (N-methyl/N-ethyl adjacent to an activating group) is 1. The summed E-state index contributed by atoms with van der Waals surface area (Å²) in [4.78, 5) is 25.5. The van der Waals surface area contributed by atoms with Crippen LogP contribution in [0.25, 0.3) is 0 Å². The summed E-state index contributed by atoms with van der Waals surface area (Å²) in [5.41, 5.74) is 3.87. The van der Waals surface area contributed by atoms with Gasteiger partial charge in [0.05, 0.1) is 13.1 Å². The number of rotatable bonds is 6. The molecule has 2 aromatic rings. The highest BCUT2D eigenvalue weighted by Crippen LogP contribution is 2.10. The number of anilines is 2. The molecular weight excluding hydrogens is 302 g/mol. The Bertz CT molecular complexity index is 711. The summed E-state index contributed by atoms with van der Waals surface area (Å²) in [6, 6.07) is 15.3. The Balaban J connectivity index is 1.80. The number of benzene rings is 2. The molecule has 0 atom stereocenters. The Kier molecular flexibility index (Phi) is 5.95. The van der Waals surface area contributed by atoms with E-state index in [1.165, 1.54) is 4.90 Å². The number of aryl methyl sites for hydroxylation is 2. The van der Waals surface area contributed by atoms with Crippen LogP contribution in [0, 0.1) is 13.8 Å². The summed E-state index contributed by atoms with van der Waals surface area (Å²) < 4.78 is 0. The molecule has 0 bridgehead atoms. The van der Waals surface area contributed by atoms with Gasteiger partial charge in [-0.1, -0.05) is 29.8 Å². The van der Waals surface area contributed by atoms with Gasteiger partial charge in [-0.05, 0) is 43.7 Å². The summed E-state index contributed by atoms with van der Waals surface area (Å²) in [6.45, 7) is 4.15. The molecule has 24 heavy (non-hydrogen) atoms. The second-order valence-electron chi connectivity index (χ2n) is 5.89. The van der Waals surface area contributed by atoms with E-state index in [-0.39, 0.29) is 24.9 Å².